The van der Waals surface area contributed by atoms with Crippen LogP contribution in [0.3, 0.4) is 0 Å². The summed E-state index contributed by atoms with van der Waals surface area (Å²) in [6.07, 6.45) is 0.267. The minimum atomic E-state index is -0.0766. The lowest BCUT2D eigenvalue weighted by atomic mass is 10.1. The second kappa shape index (κ2) is 6.39. The molecule has 0 aromatic heterocycles. The van der Waals surface area contributed by atoms with Crippen LogP contribution >= 0.6 is 0 Å². The summed E-state index contributed by atoms with van der Waals surface area (Å²) in [5, 5.41) is 11.5. The van der Waals surface area contributed by atoms with E-state index in [0.717, 1.165) is 11.1 Å². The molecule has 2 rings (SSSR count). The zero-order chi connectivity index (χ0) is 14.4. The maximum absolute atomic E-state index is 11.8. The number of hydrogen-bond acceptors (Lipinski definition) is 3. The molecule has 3 N–H and O–H groups in total. The van der Waals surface area contributed by atoms with Crippen LogP contribution in [0.4, 0.5) is 5.69 Å². The highest BCUT2D eigenvalue weighted by atomic mass is 16.1. The molecule has 4 nitrogen and oxygen atoms in total. The fourth-order valence-electron chi connectivity index (χ4n) is 1.83. The summed E-state index contributed by atoms with van der Waals surface area (Å²) < 4.78 is 0. The smallest absolute Gasteiger partial charge is 0.224 e. The van der Waals surface area contributed by atoms with E-state index in [9.17, 15) is 4.79 Å². The molecule has 0 aliphatic carbocycles. The van der Waals surface area contributed by atoms with Crippen LogP contribution in [-0.4, -0.2) is 5.91 Å². The first kappa shape index (κ1) is 13.6. The number of amides is 1. The van der Waals surface area contributed by atoms with Crippen molar-refractivity contribution in [2.45, 2.75) is 13.0 Å². The second-order valence-electron chi connectivity index (χ2n) is 4.46. The van der Waals surface area contributed by atoms with E-state index < -0.39 is 0 Å². The second-order valence-corrected chi connectivity index (χ2v) is 4.46. The molecule has 0 aliphatic rings. The summed E-state index contributed by atoms with van der Waals surface area (Å²) in [6, 6.07) is 16.5. The third kappa shape index (κ3) is 3.59. The van der Waals surface area contributed by atoms with Gasteiger partial charge in [-0.15, -0.1) is 0 Å². The number of para-hydroxylation sites is 1. The molecular formula is C16H15N3O. The first-order valence-electron chi connectivity index (χ1n) is 6.28. The fourth-order valence-corrected chi connectivity index (χ4v) is 1.83. The molecule has 1 amide bonds. The molecule has 0 saturated carbocycles. The van der Waals surface area contributed by atoms with Gasteiger partial charge in [0.25, 0.3) is 0 Å². The molecule has 0 saturated heterocycles. The van der Waals surface area contributed by atoms with Gasteiger partial charge < -0.3 is 11.1 Å². The molecule has 0 aliphatic heterocycles. The van der Waals surface area contributed by atoms with Gasteiger partial charge >= 0.3 is 0 Å². The van der Waals surface area contributed by atoms with Crippen LogP contribution in [0.25, 0.3) is 0 Å². The van der Waals surface area contributed by atoms with Gasteiger partial charge in [-0.05, 0) is 29.3 Å². The number of rotatable bonds is 4. The number of benzene rings is 2. The lowest BCUT2D eigenvalue weighted by Crippen LogP contribution is -2.24. The van der Waals surface area contributed by atoms with Crippen molar-refractivity contribution >= 4 is 11.6 Å². The molecule has 20 heavy (non-hydrogen) atoms. The van der Waals surface area contributed by atoms with Gasteiger partial charge in [0.05, 0.1) is 18.1 Å². The number of nitrogens with one attached hydrogen (secondary N) is 1. The van der Waals surface area contributed by atoms with Crippen molar-refractivity contribution in [1.82, 2.24) is 5.32 Å². The van der Waals surface area contributed by atoms with Crippen LogP contribution in [0.1, 0.15) is 16.7 Å². The Bertz CT molecular complexity index is 642. The molecule has 4 heteroatoms. The Kier molecular flexibility index (Phi) is 4.35. The van der Waals surface area contributed by atoms with Gasteiger partial charge in [-0.25, -0.2) is 0 Å². The number of carbonyl (C=O) groups excluding carboxylic acids is 1. The number of carbonyl (C=O) groups is 1. The van der Waals surface area contributed by atoms with Crippen molar-refractivity contribution in [2.24, 2.45) is 0 Å². The van der Waals surface area contributed by atoms with E-state index in [1.807, 2.05) is 30.3 Å². The van der Waals surface area contributed by atoms with Crippen LogP contribution in [0.5, 0.6) is 0 Å². The van der Waals surface area contributed by atoms with Crippen LogP contribution in [-0.2, 0) is 17.8 Å². The van der Waals surface area contributed by atoms with Crippen LogP contribution in [0, 0.1) is 11.3 Å². The summed E-state index contributed by atoms with van der Waals surface area (Å²) in [5.74, 6) is -0.0766. The minimum Gasteiger partial charge on any atom is -0.398 e. The van der Waals surface area contributed by atoms with Gasteiger partial charge in [0.2, 0.25) is 5.91 Å². The number of nitrogens with two attached hydrogens (primary N) is 1. The van der Waals surface area contributed by atoms with Gasteiger partial charge in [-0.3, -0.25) is 4.79 Å². The molecule has 0 spiro atoms. The SMILES string of the molecule is N#Cc1ccc(CNC(=O)Cc2ccccc2N)cc1. The highest BCUT2D eigenvalue weighted by Gasteiger charge is 2.05. The van der Waals surface area contributed by atoms with Crippen molar-refractivity contribution in [1.29, 1.82) is 5.26 Å². The Morgan fingerprint density at radius 1 is 1.15 bits per heavy atom. The molecule has 0 atom stereocenters. The van der Waals surface area contributed by atoms with E-state index in [0.29, 0.717) is 17.8 Å². The molecule has 2 aromatic rings. The van der Waals surface area contributed by atoms with Crippen molar-refractivity contribution in [2.75, 3.05) is 5.73 Å². The van der Waals surface area contributed by atoms with Crippen molar-refractivity contribution in [3.05, 3.63) is 65.2 Å². The van der Waals surface area contributed by atoms with Crippen LogP contribution < -0.4 is 11.1 Å². The normalized spacial score (nSPS) is 9.75. The average molecular weight is 265 g/mol. The topological polar surface area (TPSA) is 78.9 Å². The highest BCUT2D eigenvalue weighted by molar-refractivity contribution is 5.80. The zero-order valence-electron chi connectivity index (χ0n) is 11.0. The molecule has 0 radical (unpaired) electrons. The third-order valence-electron chi connectivity index (χ3n) is 2.98. The van der Waals surface area contributed by atoms with Crippen molar-refractivity contribution < 1.29 is 4.79 Å². The molecule has 100 valence electrons. The van der Waals surface area contributed by atoms with E-state index in [2.05, 4.69) is 11.4 Å². The summed E-state index contributed by atoms with van der Waals surface area (Å²) in [6.45, 7) is 0.442. The Morgan fingerprint density at radius 2 is 1.85 bits per heavy atom. The van der Waals surface area contributed by atoms with Gasteiger partial charge in [0.15, 0.2) is 0 Å². The molecule has 0 heterocycles. The summed E-state index contributed by atoms with van der Waals surface area (Å²) in [4.78, 5) is 11.8. The summed E-state index contributed by atoms with van der Waals surface area (Å²) in [5.41, 5.74) is 8.81. The van der Waals surface area contributed by atoms with Crippen LogP contribution in [0.2, 0.25) is 0 Å². The maximum Gasteiger partial charge on any atom is 0.224 e. The molecular weight excluding hydrogens is 250 g/mol. The quantitative estimate of drug-likeness (QED) is 0.830. The number of nitrogens with zero attached hydrogens (tertiary/aromatic N) is 1. The Morgan fingerprint density at radius 3 is 2.50 bits per heavy atom. The van der Waals surface area contributed by atoms with E-state index in [-0.39, 0.29) is 12.3 Å². The predicted molar refractivity (Wildman–Crippen MR) is 77.6 cm³/mol. The maximum atomic E-state index is 11.8. The van der Waals surface area contributed by atoms with Gasteiger partial charge in [0, 0.05) is 12.2 Å². The fraction of sp³-hybridized carbons (Fsp3) is 0.125. The average Bonchev–Trinajstić information content (AvgIpc) is 2.48. The van der Waals surface area contributed by atoms with E-state index >= 15 is 0 Å². The lowest BCUT2D eigenvalue weighted by molar-refractivity contribution is -0.120. The number of hydrogen-bond donors (Lipinski definition) is 2. The molecule has 0 fully saturated rings. The van der Waals surface area contributed by atoms with E-state index in [1.165, 1.54) is 0 Å². The highest BCUT2D eigenvalue weighted by Crippen LogP contribution is 2.11. The lowest BCUT2D eigenvalue weighted by Gasteiger charge is -2.07. The largest absolute Gasteiger partial charge is 0.398 e. The van der Waals surface area contributed by atoms with Gasteiger partial charge in [0.1, 0.15) is 0 Å². The number of anilines is 1. The molecule has 0 unspecified atom stereocenters. The van der Waals surface area contributed by atoms with Crippen molar-refractivity contribution in [3.8, 4) is 6.07 Å². The predicted octanol–water partition coefficient (Wildman–Crippen LogP) is 2.00. The minimum absolute atomic E-state index is 0.0766. The Balaban J connectivity index is 1.89. The third-order valence-corrected chi connectivity index (χ3v) is 2.98. The monoisotopic (exact) mass is 265 g/mol. The van der Waals surface area contributed by atoms with Gasteiger partial charge in [-0.1, -0.05) is 30.3 Å². The number of nitriles is 1. The van der Waals surface area contributed by atoms with Gasteiger partial charge in [-0.2, -0.15) is 5.26 Å². The molecule has 2 aromatic carbocycles. The first-order valence-corrected chi connectivity index (χ1v) is 6.28. The number of nitrogen functional groups attached to an aromatic ring is 1. The standard InChI is InChI=1S/C16H15N3O/c17-10-12-5-7-13(8-6-12)11-19-16(20)9-14-3-1-2-4-15(14)18/h1-8H,9,11,18H2,(H,19,20). The van der Waals surface area contributed by atoms with Crippen LogP contribution in [0.15, 0.2) is 48.5 Å². The van der Waals surface area contributed by atoms with E-state index in [1.54, 1.807) is 18.2 Å². The summed E-state index contributed by atoms with van der Waals surface area (Å²) >= 11 is 0. The first-order chi connectivity index (χ1) is 9.69. The Labute approximate surface area is 117 Å². The van der Waals surface area contributed by atoms with Crippen molar-refractivity contribution in [3.63, 3.8) is 0 Å². The van der Waals surface area contributed by atoms with E-state index in [4.69, 9.17) is 11.0 Å². The Hall–Kier alpha value is -2.80. The summed E-state index contributed by atoms with van der Waals surface area (Å²) in [7, 11) is 0. The zero-order valence-corrected chi connectivity index (χ0v) is 11.0. The molecule has 0 bridgehead atoms.